The zero-order valence-corrected chi connectivity index (χ0v) is 7.25. The molecule has 0 amide bonds. The molecule has 1 aliphatic heterocycles. The molecule has 1 unspecified atom stereocenters. The summed E-state index contributed by atoms with van der Waals surface area (Å²) in [5.41, 5.74) is 0. The molecule has 1 fully saturated rings. The van der Waals surface area contributed by atoms with E-state index >= 15 is 0 Å². The Balaban J connectivity index is 2.12. The highest BCUT2D eigenvalue weighted by atomic mass is 28.2. The van der Waals surface area contributed by atoms with E-state index in [0.29, 0.717) is 13.2 Å². The zero-order chi connectivity index (χ0) is 7.40. The minimum absolute atomic E-state index is 0.167. The molecule has 1 atom stereocenters. The molecule has 58 valence electrons. The molecule has 0 N–H and O–H groups in total. The monoisotopic (exact) mass is 162 g/mol. The molecule has 5 heteroatoms. The lowest BCUT2D eigenvalue weighted by Gasteiger charge is -2.04. The summed E-state index contributed by atoms with van der Waals surface area (Å²) in [6, 6.07) is 0. The number of carbonyl (C=O) groups is 1. The second-order valence-electron chi connectivity index (χ2n) is 1.96. The Kier molecular flexibility index (Phi) is 2.70. The number of carbonyl (C=O) groups excluding carboxylic acids is 1. The van der Waals surface area contributed by atoms with Gasteiger partial charge in [-0.2, -0.15) is 0 Å². The molecule has 0 bridgehead atoms. The lowest BCUT2D eigenvalue weighted by molar-refractivity contribution is 0.0996. The van der Waals surface area contributed by atoms with Crippen molar-refractivity contribution in [3.63, 3.8) is 0 Å². The van der Waals surface area contributed by atoms with Gasteiger partial charge in [-0.05, 0) is 0 Å². The second kappa shape index (κ2) is 3.57. The van der Waals surface area contributed by atoms with Crippen LogP contribution in [0.2, 0.25) is 6.55 Å². The molecule has 1 aliphatic rings. The van der Waals surface area contributed by atoms with Crippen molar-refractivity contribution in [2.45, 2.75) is 12.7 Å². The fourth-order valence-corrected chi connectivity index (χ4v) is 1.20. The maximum Gasteiger partial charge on any atom is 0.508 e. The lowest BCUT2D eigenvalue weighted by atomic mass is 10.4. The molecule has 1 rings (SSSR count). The van der Waals surface area contributed by atoms with Gasteiger partial charge in [-0.1, -0.05) is 6.55 Å². The first-order valence-electron chi connectivity index (χ1n) is 3.24. The average Bonchev–Trinajstić information content (AvgIpc) is 2.31. The number of hydrogen-bond acceptors (Lipinski definition) is 4. The van der Waals surface area contributed by atoms with E-state index in [2.05, 4.69) is 4.74 Å². The minimum Gasteiger partial charge on any atom is -0.430 e. The lowest BCUT2D eigenvalue weighted by Crippen LogP contribution is -2.18. The smallest absolute Gasteiger partial charge is 0.430 e. The van der Waals surface area contributed by atoms with Crippen LogP contribution >= 0.6 is 0 Å². The van der Waals surface area contributed by atoms with Crippen LogP contribution < -0.4 is 0 Å². The third kappa shape index (κ3) is 2.00. The van der Waals surface area contributed by atoms with Gasteiger partial charge in [0.15, 0.2) is 15.9 Å². The first kappa shape index (κ1) is 7.55. The van der Waals surface area contributed by atoms with E-state index in [0.717, 1.165) is 0 Å². The van der Waals surface area contributed by atoms with Gasteiger partial charge in [-0.25, -0.2) is 4.79 Å². The summed E-state index contributed by atoms with van der Waals surface area (Å²) >= 11 is 0. The summed E-state index contributed by atoms with van der Waals surface area (Å²) in [6.45, 7) is 2.86. The Hall–Kier alpha value is -0.553. The third-order valence-electron chi connectivity index (χ3n) is 1.16. The molecule has 0 aromatic heterocycles. The molecule has 0 aromatic carbocycles. The van der Waals surface area contributed by atoms with E-state index in [-0.39, 0.29) is 15.9 Å². The first-order valence-corrected chi connectivity index (χ1v) is 5.23. The maximum atomic E-state index is 10.3. The molecule has 4 nitrogen and oxygen atoms in total. The maximum absolute atomic E-state index is 10.3. The van der Waals surface area contributed by atoms with E-state index in [9.17, 15) is 4.79 Å². The summed E-state index contributed by atoms with van der Waals surface area (Å²) in [5, 5.41) is 0. The SMILES string of the molecule is C[SiH2]OCC1COC(=O)O1. The summed E-state index contributed by atoms with van der Waals surface area (Å²) in [5.74, 6) is 0. The van der Waals surface area contributed by atoms with E-state index < -0.39 is 6.16 Å². The highest BCUT2D eigenvalue weighted by molar-refractivity contribution is 6.24. The third-order valence-corrected chi connectivity index (χ3v) is 1.80. The van der Waals surface area contributed by atoms with Crippen LogP contribution in [0.15, 0.2) is 0 Å². The van der Waals surface area contributed by atoms with E-state index in [1.807, 2.05) is 6.55 Å². The van der Waals surface area contributed by atoms with Crippen molar-refractivity contribution < 1.29 is 18.7 Å². The van der Waals surface area contributed by atoms with Crippen LogP contribution in [0.4, 0.5) is 4.79 Å². The van der Waals surface area contributed by atoms with Gasteiger partial charge in [0.05, 0.1) is 6.61 Å². The quantitative estimate of drug-likeness (QED) is 0.421. The van der Waals surface area contributed by atoms with E-state index in [1.165, 1.54) is 0 Å². The summed E-state index contributed by atoms with van der Waals surface area (Å²) < 4.78 is 14.4. The summed E-state index contributed by atoms with van der Waals surface area (Å²) in [7, 11) is -0.383. The number of rotatable bonds is 3. The van der Waals surface area contributed by atoms with Crippen LogP contribution in [0, 0.1) is 0 Å². The van der Waals surface area contributed by atoms with Gasteiger partial charge >= 0.3 is 6.16 Å². The first-order chi connectivity index (χ1) is 4.83. The van der Waals surface area contributed by atoms with Gasteiger partial charge in [-0.15, -0.1) is 0 Å². The number of cyclic esters (lactones) is 2. The molecule has 0 aromatic rings. The standard InChI is InChI=1S/C5H10O4Si/c1-10-8-3-4-2-7-5(6)9-4/h4H,2-3,10H2,1H3. The molecule has 0 aliphatic carbocycles. The number of hydrogen-bond donors (Lipinski definition) is 0. The molecule has 0 saturated carbocycles. The van der Waals surface area contributed by atoms with Crippen LogP contribution in [-0.4, -0.2) is 35.2 Å². The fraction of sp³-hybridized carbons (Fsp3) is 0.800. The Morgan fingerprint density at radius 1 is 1.90 bits per heavy atom. The number of ether oxygens (including phenoxy) is 2. The van der Waals surface area contributed by atoms with Gasteiger partial charge in [0.2, 0.25) is 0 Å². The Morgan fingerprint density at radius 2 is 2.70 bits per heavy atom. The summed E-state index contributed by atoms with van der Waals surface area (Å²) in [4.78, 5) is 10.3. The summed E-state index contributed by atoms with van der Waals surface area (Å²) in [6.07, 6.45) is -0.744. The Morgan fingerprint density at radius 3 is 3.20 bits per heavy atom. The molecule has 1 saturated heterocycles. The van der Waals surface area contributed by atoms with Crippen molar-refractivity contribution in [1.82, 2.24) is 0 Å². The molecular weight excluding hydrogens is 152 g/mol. The Bertz CT molecular complexity index is 127. The molecular formula is C5H10O4Si. The van der Waals surface area contributed by atoms with Crippen LogP contribution in [0.1, 0.15) is 0 Å². The zero-order valence-electron chi connectivity index (χ0n) is 5.83. The van der Waals surface area contributed by atoms with E-state index in [1.54, 1.807) is 0 Å². The van der Waals surface area contributed by atoms with Gasteiger partial charge in [0.25, 0.3) is 0 Å². The molecule has 0 spiro atoms. The highest BCUT2D eigenvalue weighted by Crippen LogP contribution is 2.05. The van der Waals surface area contributed by atoms with Gasteiger partial charge in [0.1, 0.15) is 6.61 Å². The van der Waals surface area contributed by atoms with Crippen molar-refractivity contribution in [3.05, 3.63) is 0 Å². The van der Waals surface area contributed by atoms with Crippen LogP contribution in [0.3, 0.4) is 0 Å². The van der Waals surface area contributed by atoms with Crippen LogP contribution in [0.5, 0.6) is 0 Å². The largest absolute Gasteiger partial charge is 0.508 e. The van der Waals surface area contributed by atoms with Gasteiger partial charge in [0, 0.05) is 0 Å². The van der Waals surface area contributed by atoms with Crippen molar-refractivity contribution in [1.29, 1.82) is 0 Å². The second-order valence-corrected chi connectivity index (χ2v) is 2.95. The molecule has 0 radical (unpaired) electrons. The Labute approximate surface area is 61.4 Å². The van der Waals surface area contributed by atoms with Gasteiger partial charge in [-0.3, -0.25) is 0 Å². The minimum atomic E-state index is -0.577. The fourth-order valence-electron chi connectivity index (χ4n) is 0.697. The average molecular weight is 162 g/mol. The molecule has 1 heterocycles. The predicted molar refractivity (Wildman–Crippen MR) is 36.6 cm³/mol. The van der Waals surface area contributed by atoms with Crippen LogP contribution in [-0.2, 0) is 13.9 Å². The van der Waals surface area contributed by atoms with Crippen molar-refractivity contribution >= 4 is 15.9 Å². The van der Waals surface area contributed by atoms with Crippen molar-refractivity contribution in [2.24, 2.45) is 0 Å². The predicted octanol–water partition coefficient (Wildman–Crippen LogP) is -0.330. The van der Waals surface area contributed by atoms with Crippen LogP contribution in [0.25, 0.3) is 0 Å². The van der Waals surface area contributed by atoms with Gasteiger partial charge < -0.3 is 13.9 Å². The van der Waals surface area contributed by atoms with Crippen molar-refractivity contribution in [3.8, 4) is 0 Å². The molecule has 10 heavy (non-hydrogen) atoms. The van der Waals surface area contributed by atoms with E-state index in [4.69, 9.17) is 9.16 Å². The van der Waals surface area contributed by atoms with Crippen molar-refractivity contribution in [2.75, 3.05) is 13.2 Å². The highest BCUT2D eigenvalue weighted by Gasteiger charge is 2.24. The normalized spacial score (nSPS) is 25.3. The topological polar surface area (TPSA) is 44.8 Å².